The third kappa shape index (κ3) is 2.63. The maximum absolute atomic E-state index is 13.2. The molecule has 0 atom stereocenters. The van der Waals surface area contributed by atoms with Crippen molar-refractivity contribution in [1.82, 2.24) is 15.0 Å². The molecule has 0 aliphatic heterocycles. The van der Waals surface area contributed by atoms with Crippen molar-refractivity contribution in [1.29, 1.82) is 0 Å². The number of pyridine rings is 1. The number of halogens is 1. The molecular weight excluding hydrogens is 263 g/mol. The topological polar surface area (TPSA) is 53.6 Å². The van der Waals surface area contributed by atoms with Crippen LogP contribution < -0.4 is 5.32 Å². The number of hydrogen-bond donors (Lipinski definition) is 2. The van der Waals surface area contributed by atoms with Gasteiger partial charge in [0.05, 0.1) is 30.5 Å². The van der Waals surface area contributed by atoms with E-state index >= 15 is 0 Å². The van der Waals surface area contributed by atoms with E-state index in [0.29, 0.717) is 6.54 Å². The van der Waals surface area contributed by atoms with Gasteiger partial charge in [-0.05, 0) is 6.07 Å². The van der Waals surface area contributed by atoms with Gasteiger partial charge >= 0.3 is 0 Å². The third-order valence-electron chi connectivity index (χ3n) is 2.70. The Bertz CT molecular complexity index is 663. The van der Waals surface area contributed by atoms with E-state index in [-0.39, 0.29) is 5.82 Å². The molecule has 0 aromatic carbocycles. The van der Waals surface area contributed by atoms with Gasteiger partial charge in [-0.25, -0.2) is 9.37 Å². The third-order valence-corrected chi connectivity index (χ3v) is 3.45. The minimum atomic E-state index is -0.330. The number of anilines is 1. The van der Waals surface area contributed by atoms with Crippen LogP contribution in [-0.2, 0) is 6.54 Å². The highest BCUT2D eigenvalue weighted by Gasteiger charge is 2.08. The van der Waals surface area contributed by atoms with E-state index in [1.807, 2.05) is 10.8 Å². The van der Waals surface area contributed by atoms with Crippen molar-refractivity contribution in [2.75, 3.05) is 5.32 Å². The zero-order chi connectivity index (χ0) is 13.1. The second-order valence-corrected chi connectivity index (χ2v) is 4.76. The molecule has 0 bridgehead atoms. The predicted octanol–water partition coefficient (Wildman–Crippen LogP) is 3.28. The maximum atomic E-state index is 13.2. The number of rotatable bonds is 4. The summed E-state index contributed by atoms with van der Waals surface area (Å²) in [7, 11) is 0. The van der Waals surface area contributed by atoms with Gasteiger partial charge in [0.1, 0.15) is 5.82 Å². The molecule has 2 N–H and O–H groups in total. The van der Waals surface area contributed by atoms with Gasteiger partial charge in [-0.3, -0.25) is 4.98 Å². The molecule has 3 aromatic heterocycles. The molecule has 0 radical (unpaired) electrons. The quantitative estimate of drug-likeness (QED) is 0.767. The number of H-pyrrole nitrogens is 1. The zero-order valence-electron chi connectivity index (χ0n) is 9.93. The van der Waals surface area contributed by atoms with Gasteiger partial charge in [-0.1, -0.05) is 0 Å². The van der Waals surface area contributed by atoms with Crippen LogP contribution in [0.5, 0.6) is 0 Å². The molecule has 3 heterocycles. The fraction of sp³-hybridized carbons (Fsp3) is 0.0769. The van der Waals surface area contributed by atoms with Crippen molar-refractivity contribution in [3.8, 4) is 11.1 Å². The van der Waals surface area contributed by atoms with Crippen LogP contribution in [0.3, 0.4) is 0 Å². The highest BCUT2D eigenvalue weighted by molar-refractivity contribution is 7.08. The van der Waals surface area contributed by atoms with E-state index in [1.54, 1.807) is 30.1 Å². The van der Waals surface area contributed by atoms with Crippen molar-refractivity contribution < 1.29 is 4.39 Å². The molecule has 0 saturated carbocycles. The van der Waals surface area contributed by atoms with Gasteiger partial charge in [0.15, 0.2) is 0 Å². The highest BCUT2D eigenvalue weighted by atomic mass is 32.1. The summed E-state index contributed by atoms with van der Waals surface area (Å²) in [5.41, 5.74) is 3.69. The van der Waals surface area contributed by atoms with Crippen LogP contribution in [0.4, 0.5) is 10.1 Å². The monoisotopic (exact) mass is 274 g/mol. The molecule has 96 valence electrons. The first-order valence-corrected chi connectivity index (χ1v) is 6.65. The summed E-state index contributed by atoms with van der Waals surface area (Å²) in [4.78, 5) is 10.9. The fourth-order valence-corrected chi connectivity index (χ4v) is 2.60. The molecule has 0 fully saturated rings. The molecule has 0 spiro atoms. The predicted molar refractivity (Wildman–Crippen MR) is 73.4 cm³/mol. The molecule has 3 aromatic rings. The summed E-state index contributed by atoms with van der Waals surface area (Å²) >= 11 is 1.57. The summed E-state index contributed by atoms with van der Waals surface area (Å²) in [6.07, 6.45) is 6.27. The average Bonchev–Trinajstić information content (AvgIpc) is 3.08. The van der Waals surface area contributed by atoms with Gasteiger partial charge in [0.2, 0.25) is 0 Å². The van der Waals surface area contributed by atoms with Crippen LogP contribution >= 0.6 is 11.3 Å². The van der Waals surface area contributed by atoms with Crippen LogP contribution in [-0.4, -0.2) is 15.0 Å². The van der Waals surface area contributed by atoms with Crippen LogP contribution in [0.15, 0.2) is 41.7 Å². The van der Waals surface area contributed by atoms with E-state index in [0.717, 1.165) is 22.5 Å². The highest BCUT2D eigenvalue weighted by Crippen LogP contribution is 2.31. The SMILES string of the molecule is Fc1cncc(-c2cscc2NCc2cnc[nH]2)c1. The second-order valence-electron chi connectivity index (χ2n) is 4.02. The van der Waals surface area contributed by atoms with Crippen LogP contribution in [0.1, 0.15) is 5.69 Å². The maximum Gasteiger partial charge on any atom is 0.142 e. The molecule has 0 saturated heterocycles. The van der Waals surface area contributed by atoms with Crippen molar-refractivity contribution in [3.05, 3.63) is 53.3 Å². The summed E-state index contributed by atoms with van der Waals surface area (Å²) in [6.45, 7) is 0.645. The molecule has 0 unspecified atom stereocenters. The second kappa shape index (κ2) is 5.19. The minimum absolute atomic E-state index is 0.330. The summed E-state index contributed by atoms with van der Waals surface area (Å²) in [5.74, 6) is -0.330. The largest absolute Gasteiger partial charge is 0.378 e. The lowest BCUT2D eigenvalue weighted by molar-refractivity contribution is 0.622. The lowest BCUT2D eigenvalue weighted by atomic mass is 10.1. The number of thiophene rings is 1. The summed E-state index contributed by atoms with van der Waals surface area (Å²) in [6, 6.07) is 1.48. The molecule has 4 nitrogen and oxygen atoms in total. The Hall–Kier alpha value is -2.21. The summed E-state index contributed by atoms with van der Waals surface area (Å²) < 4.78 is 13.2. The lowest BCUT2D eigenvalue weighted by Gasteiger charge is -2.06. The Balaban J connectivity index is 1.82. The first-order valence-electron chi connectivity index (χ1n) is 5.71. The standard InChI is InChI=1S/C13H11FN4S/c14-10-1-9(2-15-3-10)12-6-19-7-13(12)17-5-11-4-16-8-18-11/h1-4,6-8,17H,5H2,(H,16,18). The molecular formula is C13H11FN4S. The molecule has 19 heavy (non-hydrogen) atoms. The van der Waals surface area contributed by atoms with Crippen molar-refractivity contribution in [2.45, 2.75) is 6.54 Å². The van der Waals surface area contributed by atoms with E-state index in [4.69, 9.17) is 0 Å². The summed E-state index contributed by atoms with van der Waals surface area (Å²) in [5, 5.41) is 7.28. The van der Waals surface area contributed by atoms with Crippen LogP contribution in [0.2, 0.25) is 0 Å². The number of imidazole rings is 1. The number of nitrogens with zero attached hydrogens (tertiary/aromatic N) is 2. The Morgan fingerprint density at radius 2 is 2.16 bits per heavy atom. The van der Waals surface area contributed by atoms with Crippen molar-refractivity contribution in [2.24, 2.45) is 0 Å². The molecule has 0 aliphatic rings. The first-order chi connectivity index (χ1) is 9.33. The number of aromatic nitrogens is 3. The van der Waals surface area contributed by atoms with E-state index in [9.17, 15) is 4.39 Å². The van der Waals surface area contributed by atoms with Gasteiger partial charge in [-0.15, -0.1) is 11.3 Å². The van der Waals surface area contributed by atoms with Crippen molar-refractivity contribution >= 4 is 17.0 Å². The first kappa shape index (κ1) is 11.9. The lowest BCUT2D eigenvalue weighted by Crippen LogP contribution is -1.99. The van der Waals surface area contributed by atoms with Gasteiger partial charge in [-0.2, -0.15) is 0 Å². The molecule has 6 heteroatoms. The molecule has 0 amide bonds. The van der Waals surface area contributed by atoms with Gasteiger partial charge in [0.25, 0.3) is 0 Å². The average molecular weight is 274 g/mol. The minimum Gasteiger partial charge on any atom is -0.378 e. The fourth-order valence-electron chi connectivity index (χ4n) is 1.79. The number of aromatic amines is 1. The smallest absolute Gasteiger partial charge is 0.142 e. The Kier molecular flexibility index (Phi) is 3.24. The Morgan fingerprint density at radius 3 is 2.95 bits per heavy atom. The molecule has 3 rings (SSSR count). The Labute approximate surface area is 113 Å². The van der Waals surface area contributed by atoms with E-state index < -0.39 is 0 Å². The normalized spacial score (nSPS) is 10.6. The van der Waals surface area contributed by atoms with Gasteiger partial charge in [0, 0.05) is 34.3 Å². The van der Waals surface area contributed by atoms with Crippen molar-refractivity contribution in [3.63, 3.8) is 0 Å². The Morgan fingerprint density at radius 1 is 1.21 bits per heavy atom. The van der Waals surface area contributed by atoms with Gasteiger partial charge < -0.3 is 10.3 Å². The van der Waals surface area contributed by atoms with Crippen LogP contribution in [0, 0.1) is 5.82 Å². The number of hydrogen-bond acceptors (Lipinski definition) is 4. The van der Waals surface area contributed by atoms with E-state index in [2.05, 4.69) is 20.3 Å². The zero-order valence-corrected chi connectivity index (χ0v) is 10.7. The van der Waals surface area contributed by atoms with Crippen LogP contribution in [0.25, 0.3) is 11.1 Å². The number of nitrogens with one attached hydrogen (secondary N) is 2. The van der Waals surface area contributed by atoms with E-state index in [1.165, 1.54) is 12.3 Å². The molecule has 0 aliphatic carbocycles.